The number of benzene rings is 1. The third kappa shape index (κ3) is 19.9. The van der Waals surface area contributed by atoms with Gasteiger partial charge >= 0.3 is 18.9 Å². The van der Waals surface area contributed by atoms with Crippen molar-refractivity contribution in [3.05, 3.63) is 36.5 Å². The fraction of sp³-hybridized carbons (Fsp3) is 0.643. The quantitative estimate of drug-likeness (QED) is 0.109. The molecule has 40 heavy (non-hydrogen) atoms. The molecule has 3 N–H and O–H groups in total. The van der Waals surface area contributed by atoms with Gasteiger partial charge in [-0.15, -0.1) is 18.2 Å². The first-order valence-corrected chi connectivity index (χ1v) is 14.8. The Balaban J connectivity index is 0.00000168. The number of Topliss-reactive ketones (excluding diaryl/α,β-unsaturated/α-hetero) is 1. The minimum absolute atomic E-state index is 0. The summed E-state index contributed by atoms with van der Waals surface area (Å²) in [7, 11) is -2.51. The van der Waals surface area contributed by atoms with Crippen molar-refractivity contribution in [2.75, 3.05) is 26.2 Å². The molecule has 1 saturated heterocycles. The molecule has 0 spiro atoms. The predicted molar refractivity (Wildman–Crippen MR) is 147 cm³/mol. The molecule has 0 radical (unpaired) electrons. The summed E-state index contributed by atoms with van der Waals surface area (Å²) >= 11 is 0. The van der Waals surface area contributed by atoms with Gasteiger partial charge in [-0.1, -0.05) is 39.0 Å². The van der Waals surface area contributed by atoms with Gasteiger partial charge in [0, 0.05) is 61.4 Å². The Labute approximate surface area is 252 Å². The summed E-state index contributed by atoms with van der Waals surface area (Å²) in [5.74, 6) is -0.623. The number of carbonyl (C=O) groups excluding carboxylic acids is 3. The zero-order valence-corrected chi connectivity index (χ0v) is 24.8. The summed E-state index contributed by atoms with van der Waals surface area (Å²) in [5, 5.41) is 12.5. The summed E-state index contributed by atoms with van der Waals surface area (Å²) in [6.07, 6.45) is 11.6. The number of rotatable bonds is 17. The Morgan fingerprint density at radius 2 is 1.77 bits per heavy atom. The Morgan fingerprint density at radius 1 is 1.12 bits per heavy atom. The van der Waals surface area contributed by atoms with Crippen molar-refractivity contribution in [1.82, 2.24) is 14.9 Å². The molecule has 1 atom stereocenters. The molecular weight excluding hydrogens is 532 g/mol. The van der Waals surface area contributed by atoms with Crippen LogP contribution in [-0.4, -0.2) is 53.8 Å². The van der Waals surface area contributed by atoms with E-state index in [2.05, 4.69) is 23.2 Å². The van der Waals surface area contributed by atoms with Gasteiger partial charge in [0.1, 0.15) is 5.78 Å². The molecule has 0 aliphatic carbocycles. The number of hydrogen-bond acceptors (Lipinski definition) is 8. The smallest absolute Gasteiger partial charge is 0.534 e. The Bertz CT molecular complexity index is 951. The molecule has 12 heteroatoms. The van der Waals surface area contributed by atoms with Gasteiger partial charge in [-0.3, -0.25) is 9.59 Å². The van der Waals surface area contributed by atoms with E-state index in [4.69, 9.17) is 0 Å². The molecule has 0 aromatic heterocycles. The third-order valence-corrected chi connectivity index (χ3v) is 6.88. The van der Waals surface area contributed by atoms with Gasteiger partial charge in [-0.05, 0) is 38.1 Å². The van der Waals surface area contributed by atoms with Crippen molar-refractivity contribution in [2.45, 2.75) is 84.0 Å². The van der Waals surface area contributed by atoms with E-state index in [1.54, 1.807) is 6.07 Å². The molecule has 2 rings (SSSR count). The number of phenols is 1. The van der Waals surface area contributed by atoms with E-state index in [0.29, 0.717) is 31.0 Å². The Hall–Kier alpha value is -2.06. The number of ketones is 1. The van der Waals surface area contributed by atoms with Crippen LogP contribution in [0.2, 0.25) is 0 Å². The molecule has 1 aromatic rings. The largest absolute Gasteiger partial charge is 1.00 e. The number of carbonyl (C=O) groups is 3. The molecule has 1 aliphatic rings. The normalized spacial score (nSPS) is 14.6. The van der Waals surface area contributed by atoms with Crippen LogP contribution in [0, 0.1) is 24.7 Å². The molecule has 0 unspecified atom stereocenters. The van der Waals surface area contributed by atoms with Crippen LogP contribution in [0.25, 0.3) is 0 Å². The molecule has 1 aromatic carbocycles. The van der Waals surface area contributed by atoms with E-state index in [1.165, 1.54) is 30.1 Å². The summed E-state index contributed by atoms with van der Waals surface area (Å²) in [6, 6.07) is 5.20. The molecule has 0 saturated carbocycles. The second kappa shape index (κ2) is 22.6. The fourth-order valence-corrected chi connectivity index (χ4v) is 4.64. The number of nitrogens with one attached hydrogen (secondary N) is 2. The predicted octanol–water partition coefficient (Wildman–Crippen LogP) is 0.967. The number of likely N-dealkylation sites (tertiary alicyclic amines) is 1. The first-order chi connectivity index (χ1) is 18.6. The number of nitrogens with zero attached hydrogens (tertiary/aromatic N) is 1. The zero-order chi connectivity index (χ0) is 29.0. The molecule has 1 heterocycles. The first kappa shape index (κ1) is 37.9. The van der Waals surface area contributed by atoms with Gasteiger partial charge in [0.25, 0.3) is 0 Å². The minimum Gasteiger partial charge on any atom is -0.534 e. The summed E-state index contributed by atoms with van der Waals surface area (Å²) < 4.78 is 33.7. The van der Waals surface area contributed by atoms with Crippen molar-refractivity contribution >= 4 is 28.5 Å². The molecular formula is C28H43FLiN3O6S-2. The SMILES string of the molecule is CCC(=O)CCCCCCCCCNC(=O)C[C@@H]1CCN(CCc2cc(O)[c-]c(F)c2)C1.[CH2-]C(=O)N[S-](=O)=O.[Li+]. The maximum absolute atomic E-state index is 13.3. The first-order valence-electron chi connectivity index (χ1n) is 13.7. The van der Waals surface area contributed by atoms with E-state index in [0.717, 1.165) is 70.3 Å². The van der Waals surface area contributed by atoms with Gasteiger partial charge in [-0.25, -0.2) is 4.39 Å². The number of halogens is 1. The van der Waals surface area contributed by atoms with Gasteiger partial charge in [-0.2, -0.15) is 5.56 Å². The monoisotopic (exact) mass is 575 g/mol. The maximum Gasteiger partial charge on any atom is 1.00 e. The van der Waals surface area contributed by atoms with Crippen LogP contribution < -0.4 is 28.9 Å². The maximum atomic E-state index is 13.3. The van der Waals surface area contributed by atoms with Crippen molar-refractivity contribution in [2.24, 2.45) is 5.92 Å². The Kier molecular flexibility index (Phi) is 21.4. The molecule has 1 fully saturated rings. The van der Waals surface area contributed by atoms with Crippen LogP contribution >= 0.6 is 0 Å². The van der Waals surface area contributed by atoms with Crippen LogP contribution in [0.15, 0.2) is 12.1 Å². The van der Waals surface area contributed by atoms with E-state index < -0.39 is 22.6 Å². The average molecular weight is 576 g/mol. The number of aromatic hydroxyl groups is 1. The Morgan fingerprint density at radius 3 is 2.35 bits per heavy atom. The standard InChI is InChI=1S/C26H40FN2O3.C2H3NO3S.Li/c1-2-24(30)10-8-6-4-3-5-7-9-13-28-26(32)18-22-12-15-29(20-22)14-11-21-16-23(27)19-25(31)17-21;1-2(4)3-7(5)6;/h16-17,22,31H,2-15,18,20H2,1H3,(H,28,32);1H2,(H,3,4,5,6);/q-1;-2;+1/t22-;;/m0../s1. The van der Waals surface area contributed by atoms with Gasteiger partial charge in [0.05, 0.1) is 5.91 Å². The van der Waals surface area contributed by atoms with Gasteiger partial charge in [0.2, 0.25) is 5.91 Å². The number of amides is 2. The van der Waals surface area contributed by atoms with Crippen LogP contribution in [0.1, 0.15) is 83.1 Å². The molecule has 1 aliphatic heterocycles. The van der Waals surface area contributed by atoms with Gasteiger partial charge in [0.15, 0.2) is 0 Å². The summed E-state index contributed by atoms with van der Waals surface area (Å²) in [4.78, 5) is 35.4. The van der Waals surface area contributed by atoms with Crippen LogP contribution in [0.4, 0.5) is 4.39 Å². The van der Waals surface area contributed by atoms with Crippen LogP contribution in [0.3, 0.4) is 0 Å². The fourth-order valence-electron chi connectivity index (χ4n) is 4.45. The minimum atomic E-state index is -2.51. The van der Waals surface area contributed by atoms with Crippen LogP contribution in [0.5, 0.6) is 5.75 Å². The summed E-state index contributed by atoms with van der Waals surface area (Å²) in [5.41, 5.74) is 0.770. The van der Waals surface area contributed by atoms with Crippen LogP contribution in [-0.2, 0) is 40.1 Å². The zero-order valence-electron chi connectivity index (χ0n) is 24.0. The van der Waals surface area contributed by atoms with Crippen molar-refractivity contribution in [1.29, 1.82) is 0 Å². The van der Waals surface area contributed by atoms with Crippen molar-refractivity contribution in [3.63, 3.8) is 0 Å². The number of phenolic OH excluding ortho intramolecular Hbond substituents is 1. The van der Waals surface area contributed by atoms with E-state index in [-0.39, 0.29) is 30.5 Å². The van der Waals surface area contributed by atoms with Crippen molar-refractivity contribution in [3.8, 4) is 5.75 Å². The van der Waals surface area contributed by atoms with Crippen molar-refractivity contribution < 1.29 is 51.2 Å². The second-order valence-electron chi connectivity index (χ2n) is 9.86. The summed E-state index contributed by atoms with van der Waals surface area (Å²) in [6.45, 7) is 8.06. The number of hydrogen-bond donors (Lipinski definition) is 3. The van der Waals surface area contributed by atoms with E-state index >= 15 is 0 Å². The van der Waals surface area contributed by atoms with Gasteiger partial charge < -0.3 is 40.2 Å². The molecule has 9 nitrogen and oxygen atoms in total. The molecule has 2 amide bonds. The van der Waals surface area contributed by atoms with E-state index in [9.17, 15) is 32.3 Å². The second-order valence-corrected chi connectivity index (χ2v) is 10.5. The molecule has 0 bridgehead atoms. The topological polar surface area (TPSA) is 133 Å². The average Bonchev–Trinajstić information content (AvgIpc) is 3.29. The van der Waals surface area contributed by atoms with E-state index in [1.807, 2.05) is 6.92 Å². The number of unbranched alkanes of at least 4 members (excludes halogenated alkanes) is 6. The third-order valence-electron chi connectivity index (χ3n) is 6.49. The molecule has 222 valence electrons.